The van der Waals surface area contributed by atoms with E-state index in [4.69, 9.17) is 21.8 Å². The zero-order valence-electron chi connectivity index (χ0n) is 10.8. The average Bonchev–Trinajstić information content (AvgIpc) is 2.41. The molecule has 2 N–H and O–H groups in total. The Balaban J connectivity index is 2.32. The summed E-state index contributed by atoms with van der Waals surface area (Å²) in [6.07, 6.45) is 0. The van der Waals surface area contributed by atoms with Gasteiger partial charge in [0, 0.05) is 17.3 Å². The molecule has 4 heteroatoms. The van der Waals surface area contributed by atoms with Crippen molar-refractivity contribution in [1.29, 1.82) is 0 Å². The number of anilines is 1. The van der Waals surface area contributed by atoms with Gasteiger partial charge in [0.25, 0.3) is 0 Å². The minimum Gasteiger partial charge on any atom is -0.456 e. The first kappa shape index (κ1) is 12.8. The van der Waals surface area contributed by atoms with Gasteiger partial charge in [-0.15, -0.1) is 0 Å². The molecule has 0 aliphatic heterocycles. The van der Waals surface area contributed by atoms with Crippen molar-refractivity contribution in [1.82, 2.24) is 0 Å². The van der Waals surface area contributed by atoms with Gasteiger partial charge in [-0.1, -0.05) is 17.7 Å². The molecule has 2 aromatic carbocycles. The van der Waals surface area contributed by atoms with Crippen LogP contribution in [0.1, 0.15) is 5.56 Å². The fourth-order valence-electron chi connectivity index (χ4n) is 2.13. The summed E-state index contributed by atoms with van der Waals surface area (Å²) in [5, 5.41) is 1.05. The van der Waals surface area contributed by atoms with E-state index in [1.54, 1.807) is 24.3 Å². The van der Waals surface area contributed by atoms with Crippen molar-refractivity contribution in [3.05, 3.63) is 63.3 Å². The second-order valence-electron chi connectivity index (χ2n) is 4.71. The van der Waals surface area contributed by atoms with Crippen molar-refractivity contribution in [2.75, 3.05) is 5.73 Å². The van der Waals surface area contributed by atoms with Crippen LogP contribution in [0.2, 0.25) is 5.02 Å². The molecule has 0 saturated carbocycles. The molecule has 20 heavy (non-hydrogen) atoms. The zero-order chi connectivity index (χ0) is 14.3. The van der Waals surface area contributed by atoms with Crippen LogP contribution < -0.4 is 11.2 Å². The van der Waals surface area contributed by atoms with Crippen LogP contribution in [0.25, 0.3) is 22.3 Å². The minimum absolute atomic E-state index is 0.0975. The molecule has 1 aromatic heterocycles. The summed E-state index contributed by atoms with van der Waals surface area (Å²) in [4.78, 5) is 12.1. The molecule has 1 heterocycles. The topological polar surface area (TPSA) is 56.2 Å². The number of nitrogen functional groups attached to an aromatic ring is 1. The predicted molar refractivity (Wildman–Crippen MR) is 82.1 cm³/mol. The van der Waals surface area contributed by atoms with Crippen molar-refractivity contribution in [2.45, 2.75) is 6.92 Å². The molecule has 3 rings (SSSR count). The fourth-order valence-corrected chi connectivity index (χ4v) is 2.34. The van der Waals surface area contributed by atoms with Crippen molar-refractivity contribution >= 4 is 28.3 Å². The van der Waals surface area contributed by atoms with Gasteiger partial charge in [0.1, 0.15) is 11.3 Å². The number of nitrogens with two attached hydrogens (primary N) is 1. The van der Waals surface area contributed by atoms with Crippen LogP contribution in [0.3, 0.4) is 0 Å². The molecule has 0 amide bonds. The Morgan fingerprint density at radius 1 is 1.10 bits per heavy atom. The first-order chi connectivity index (χ1) is 9.54. The normalized spacial score (nSPS) is 10.9. The van der Waals surface area contributed by atoms with Crippen LogP contribution in [0.15, 0.2) is 51.7 Å². The molecule has 0 saturated heterocycles. The van der Waals surface area contributed by atoms with E-state index in [2.05, 4.69) is 0 Å². The Labute approximate surface area is 120 Å². The maximum absolute atomic E-state index is 12.1. The number of hydrogen-bond acceptors (Lipinski definition) is 3. The third-order valence-electron chi connectivity index (χ3n) is 3.14. The van der Waals surface area contributed by atoms with Gasteiger partial charge >= 0.3 is 0 Å². The Bertz CT molecular complexity index is 868. The van der Waals surface area contributed by atoms with Crippen LogP contribution in [-0.2, 0) is 0 Å². The van der Waals surface area contributed by atoms with Gasteiger partial charge in [-0.2, -0.15) is 0 Å². The molecular weight excluding hydrogens is 274 g/mol. The van der Waals surface area contributed by atoms with Crippen LogP contribution in [-0.4, -0.2) is 0 Å². The van der Waals surface area contributed by atoms with E-state index in [1.165, 1.54) is 6.07 Å². The van der Waals surface area contributed by atoms with Gasteiger partial charge in [-0.25, -0.2) is 0 Å². The Kier molecular flexibility index (Phi) is 2.99. The Hall–Kier alpha value is -2.26. The summed E-state index contributed by atoms with van der Waals surface area (Å²) >= 11 is 6.15. The number of hydrogen-bond donors (Lipinski definition) is 1. The number of fused-ring (bicyclic) bond motifs is 1. The number of aryl methyl sites for hydroxylation is 1. The molecule has 0 aliphatic carbocycles. The second kappa shape index (κ2) is 4.69. The summed E-state index contributed by atoms with van der Waals surface area (Å²) in [6, 6.07) is 12.0. The van der Waals surface area contributed by atoms with Crippen molar-refractivity contribution in [3.63, 3.8) is 0 Å². The standard InChI is InChI=1S/C16H12ClNO2/c1-9-2-4-11-14(19)8-16(20-15(11)6-9)12-7-10(18)3-5-13(12)17/h2-8H,18H2,1H3. The third kappa shape index (κ3) is 2.17. The van der Waals surface area contributed by atoms with E-state index in [1.807, 2.05) is 19.1 Å². The Morgan fingerprint density at radius 3 is 2.70 bits per heavy atom. The molecule has 3 nitrogen and oxygen atoms in total. The SMILES string of the molecule is Cc1ccc2c(=O)cc(-c3cc(N)ccc3Cl)oc2c1. The lowest BCUT2D eigenvalue weighted by Gasteiger charge is -2.06. The highest BCUT2D eigenvalue weighted by Gasteiger charge is 2.10. The van der Waals surface area contributed by atoms with Crippen molar-refractivity contribution < 1.29 is 4.42 Å². The van der Waals surface area contributed by atoms with Gasteiger partial charge in [0.05, 0.1) is 10.4 Å². The van der Waals surface area contributed by atoms with E-state index in [9.17, 15) is 4.79 Å². The lowest BCUT2D eigenvalue weighted by molar-refractivity contribution is 0.618. The second-order valence-corrected chi connectivity index (χ2v) is 5.12. The lowest BCUT2D eigenvalue weighted by Crippen LogP contribution is -2.00. The van der Waals surface area contributed by atoms with Crippen LogP contribution >= 0.6 is 11.6 Å². The summed E-state index contributed by atoms with van der Waals surface area (Å²) in [7, 11) is 0. The third-order valence-corrected chi connectivity index (χ3v) is 3.47. The molecule has 0 radical (unpaired) electrons. The predicted octanol–water partition coefficient (Wildman–Crippen LogP) is 4.00. The quantitative estimate of drug-likeness (QED) is 0.687. The maximum atomic E-state index is 12.1. The largest absolute Gasteiger partial charge is 0.456 e. The molecular formula is C16H12ClNO2. The summed E-state index contributed by atoms with van der Waals surface area (Å²) in [5.41, 5.74) is 8.42. The first-order valence-electron chi connectivity index (χ1n) is 6.14. The highest BCUT2D eigenvalue weighted by Crippen LogP contribution is 2.30. The van der Waals surface area contributed by atoms with E-state index < -0.39 is 0 Å². The molecule has 100 valence electrons. The summed E-state index contributed by atoms with van der Waals surface area (Å²) in [5.74, 6) is 0.422. The monoisotopic (exact) mass is 285 g/mol. The van der Waals surface area contributed by atoms with Gasteiger partial charge in [-0.05, 0) is 42.8 Å². The van der Waals surface area contributed by atoms with Gasteiger partial charge in [0.15, 0.2) is 5.43 Å². The number of halogens is 1. The highest BCUT2D eigenvalue weighted by atomic mass is 35.5. The lowest BCUT2D eigenvalue weighted by atomic mass is 10.1. The number of benzene rings is 2. The van der Waals surface area contributed by atoms with Crippen LogP contribution in [0.4, 0.5) is 5.69 Å². The average molecular weight is 286 g/mol. The summed E-state index contributed by atoms with van der Waals surface area (Å²) in [6.45, 7) is 1.94. The maximum Gasteiger partial charge on any atom is 0.193 e. The highest BCUT2D eigenvalue weighted by molar-refractivity contribution is 6.33. The molecule has 0 aliphatic rings. The molecule has 0 fully saturated rings. The molecule has 0 spiro atoms. The smallest absolute Gasteiger partial charge is 0.193 e. The van der Waals surface area contributed by atoms with Gasteiger partial charge in [-0.3, -0.25) is 4.79 Å². The first-order valence-corrected chi connectivity index (χ1v) is 6.52. The van der Waals surface area contributed by atoms with E-state index in [-0.39, 0.29) is 5.43 Å². The van der Waals surface area contributed by atoms with Crippen LogP contribution in [0, 0.1) is 6.92 Å². The zero-order valence-corrected chi connectivity index (χ0v) is 11.6. The van der Waals surface area contributed by atoms with E-state index in [0.717, 1.165) is 5.56 Å². The van der Waals surface area contributed by atoms with Crippen LogP contribution in [0.5, 0.6) is 0 Å². The van der Waals surface area contributed by atoms with E-state index in [0.29, 0.717) is 33.0 Å². The minimum atomic E-state index is -0.0975. The molecule has 0 bridgehead atoms. The van der Waals surface area contributed by atoms with Gasteiger partial charge < -0.3 is 10.2 Å². The molecule has 3 aromatic rings. The summed E-state index contributed by atoms with van der Waals surface area (Å²) < 4.78 is 5.81. The van der Waals surface area contributed by atoms with E-state index >= 15 is 0 Å². The molecule has 0 atom stereocenters. The number of rotatable bonds is 1. The Morgan fingerprint density at radius 2 is 1.90 bits per heavy atom. The van der Waals surface area contributed by atoms with Crippen molar-refractivity contribution in [2.24, 2.45) is 0 Å². The van der Waals surface area contributed by atoms with Gasteiger partial charge in [0.2, 0.25) is 0 Å². The van der Waals surface area contributed by atoms with Crippen molar-refractivity contribution in [3.8, 4) is 11.3 Å². The molecule has 0 unspecified atom stereocenters. The fraction of sp³-hybridized carbons (Fsp3) is 0.0625.